The second-order valence-corrected chi connectivity index (χ2v) is 6.33. The Labute approximate surface area is 143 Å². The molecule has 0 fully saturated rings. The summed E-state index contributed by atoms with van der Waals surface area (Å²) in [6.07, 6.45) is 3.45. The van der Waals surface area contributed by atoms with Crippen molar-refractivity contribution in [1.29, 1.82) is 0 Å². The molecule has 0 aliphatic carbocycles. The van der Waals surface area contributed by atoms with Gasteiger partial charge in [-0.3, -0.25) is 4.79 Å². The van der Waals surface area contributed by atoms with Gasteiger partial charge in [0.15, 0.2) is 0 Å². The molecule has 4 nitrogen and oxygen atoms in total. The molecule has 2 aromatic carbocycles. The smallest absolute Gasteiger partial charge is 0.255 e. The molecule has 126 valence electrons. The monoisotopic (exact) mass is 324 g/mol. The van der Waals surface area contributed by atoms with E-state index in [2.05, 4.69) is 17.6 Å². The molecule has 1 atom stereocenters. The summed E-state index contributed by atoms with van der Waals surface area (Å²) in [7, 11) is 0. The summed E-state index contributed by atoms with van der Waals surface area (Å²) in [6, 6.07) is 15.5. The van der Waals surface area contributed by atoms with Crippen molar-refractivity contribution < 1.29 is 9.53 Å². The number of carbonyl (C=O) groups is 1. The van der Waals surface area contributed by atoms with Gasteiger partial charge in [0.05, 0.1) is 12.2 Å². The lowest BCUT2D eigenvalue weighted by molar-refractivity contribution is 0.0906. The van der Waals surface area contributed by atoms with E-state index in [1.807, 2.05) is 55.5 Å². The van der Waals surface area contributed by atoms with E-state index in [1.54, 1.807) is 0 Å². The summed E-state index contributed by atoms with van der Waals surface area (Å²) in [4.78, 5) is 12.4. The quantitative estimate of drug-likeness (QED) is 0.780. The highest BCUT2D eigenvalue weighted by molar-refractivity contribution is 6.02. The van der Waals surface area contributed by atoms with Crippen LogP contribution >= 0.6 is 0 Å². The topological polar surface area (TPSA) is 50.4 Å². The number of hydrogen-bond donors (Lipinski definition) is 2. The van der Waals surface area contributed by atoms with Crippen molar-refractivity contribution in [3.63, 3.8) is 0 Å². The minimum atomic E-state index is -0.633. The molecule has 1 unspecified atom stereocenters. The number of rotatable bonds is 6. The first kappa shape index (κ1) is 16.4. The van der Waals surface area contributed by atoms with Gasteiger partial charge in [0.25, 0.3) is 5.91 Å². The Kier molecular flexibility index (Phi) is 4.74. The van der Waals surface area contributed by atoms with Gasteiger partial charge in [0.2, 0.25) is 0 Å². The van der Waals surface area contributed by atoms with E-state index in [0.29, 0.717) is 5.56 Å². The lowest BCUT2D eigenvalue weighted by atomic mass is 9.96. The van der Waals surface area contributed by atoms with Crippen LogP contribution in [0, 0.1) is 0 Å². The summed E-state index contributed by atoms with van der Waals surface area (Å²) >= 11 is 0. The Morgan fingerprint density at radius 2 is 1.75 bits per heavy atom. The van der Waals surface area contributed by atoms with Crippen LogP contribution in [0.3, 0.4) is 0 Å². The summed E-state index contributed by atoms with van der Waals surface area (Å²) in [6.45, 7) is 4.89. The minimum absolute atomic E-state index is 0.0632. The van der Waals surface area contributed by atoms with E-state index in [4.69, 9.17) is 4.74 Å². The maximum Gasteiger partial charge on any atom is 0.255 e. The van der Waals surface area contributed by atoms with E-state index in [1.165, 1.54) is 12.8 Å². The molecule has 2 N–H and O–H groups in total. The highest BCUT2D eigenvalue weighted by Gasteiger charge is 2.34. The van der Waals surface area contributed by atoms with Crippen LogP contribution in [0.25, 0.3) is 0 Å². The summed E-state index contributed by atoms with van der Waals surface area (Å²) in [5.74, 6) is 0.799. The maximum absolute atomic E-state index is 12.4. The number of fused-ring (bicyclic) bond motifs is 1. The van der Waals surface area contributed by atoms with Crippen molar-refractivity contribution in [1.82, 2.24) is 5.32 Å². The molecule has 0 saturated carbocycles. The van der Waals surface area contributed by atoms with Crippen LogP contribution in [0.1, 0.15) is 49.0 Å². The molecule has 24 heavy (non-hydrogen) atoms. The average Bonchev–Trinajstić information content (AvgIpc) is 2.59. The fourth-order valence-corrected chi connectivity index (χ4v) is 2.96. The molecule has 2 aromatic rings. The SMILES string of the molecule is CCCCCOc1ccc(C2(C)NC(=O)c3ccccc3N2)cc1. The second kappa shape index (κ2) is 6.95. The van der Waals surface area contributed by atoms with Crippen molar-refractivity contribution >= 4 is 11.6 Å². The minimum Gasteiger partial charge on any atom is -0.494 e. The summed E-state index contributed by atoms with van der Waals surface area (Å²) in [5, 5.41) is 6.48. The van der Waals surface area contributed by atoms with Gasteiger partial charge in [-0.1, -0.05) is 44.0 Å². The third kappa shape index (κ3) is 3.37. The van der Waals surface area contributed by atoms with Crippen molar-refractivity contribution in [2.24, 2.45) is 0 Å². The third-order valence-corrected chi connectivity index (χ3v) is 4.37. The maximum atomic E-state index is 12.4. The first-order valence-corrected chi connectivity index (χ1v) is 8.55. The van der Waals surface area contributed by atoms with Crippen molar-refractivity contribution in [2.45, 2.75) is 38.8 Å². The molecule has 1 heterocycles. The summed E-state index contributed by atoms with van der Waals surface area (Å²) in [5.41, 5.74) is 1.88. The normalized spacial score (nSPS) is 19.2. The van der Waals surface area contributed by atoms with Gasteiger partial charge in [0.1, 0.15) is 11.4 Å². The number of carbonyl (C=O) groups excluding carboxylic acids is 1. The number of unbranched alkanes of at least 4 members (excludes halogenated alkanes) is 2. The highest BCUT2D eigenvalue weighted by atomic mass is 16.5. The van der Waals surface area contributed by atoms with Gasteiger partial charge in [-0.15, -0.1) is 0 Å². The van der Waals surface area contributed by atoms with Gasteiger partial charge >= 0.3 is 0 Å². The first-order chi connectivity index (χ1) is 11.6. The van der Waals surface area contributed by atoms with Crippen LogP contribution < -0.4 is 15.4 Å². The molecule has 0 bridgehead atoms. The zero-order valence-electron chi connectivity index (χ0n) is 14.3. The number of amides is 1. The fraction of sp³-hybridized carbons (Fsp3) is 0.350. The van der Waals surface area contributed by atoms with Crippen LogP contribution in [0.5, 0.6) is 5.75 Å². The van der Waals surface area contributed by atoms with Crippen LogP contribution in [0.4, 0.5) is 5.69 Å². The predicted molar refractivity (Wildman–Crippen MR) is 96.3 cm³/mol. The number of ether oxygens (including phenoxy) is 1. The number of hydrogen-bond acceptors (Lipinski definition) is 3. The van der Waals surface area contributed by atoms with E-state index in [-0.39, 0.29) is 5.91 Å². The Morgan fingerprint density at radius 1 is 1.00 bits per heavy atom. The highest BCUT2D eigenvalue weighted by Crippen LogP contribution is 2.31. The van der Waals surface area contributed by atoms with E-state index in [9.17, 15) is 4.79 Å². The van der Waals surface area contributed by atoms with Crippen molar-refractivity contribution in [2.75, 3.05) is 11.9 Å². The molecule has 0 aromatic heterocycles. The Hall–Kier alpha value is -2.49. The molecular formula is C20H24N2O2. The van der Waals surface area contributed by atoms with Crippen molar-refractivity contribution in [3.05, 3.63) is 59.7 Å². The molecule has 4 heteroatoms. The second-order valence-electron chi connectivity index (χ2n) is 6.33. The average molecular weight is 324 g/mol. The Bertz CT molecular complexity index is 712. The zero-order chi connectivity index (χ0) is 17.0. The van der Waals surface area contributed by atoms with Gasteiger partial charge in [-0.05, 0) is 43.2 Å². The third-order valence-electron chi connectivity index (χ3n) is 4.37. The summed E-state index contributed by atoms with van der Waals surface area (Å²) < 4.78 is 5.75. The standard InChI is InChI=1S/C20H24N2O2/c1-3-4-7-14-24-16-12-10-15(11-13-16)20(2)21-18-9-6-5-8-17(18)19(23)22-20/h5-6,8-13,21H,3-4,7,14H2,1-2H3,(H,22,23). The van der Waals surface area contributed by atoms with Crippen LogP contribution in [0.2, 0.25) is 0 Å². The molecular weight excluding hydrogens is 300 g/mol. The van der Waals surface area contributed by atoms with Crippen molar-refractivity contribution in [3.8, 4) is 5.75 Å². The Balaban J connectivity index is 1.73. The molecule has 0 spiro atoms. The van der Waals surface area contributed by atoms with Gasteiger partial charge in [0, 0.05) is 5.69 Å². The fourth-order valence-electron chi connectivity index (χ4n) is 2.96. The lowest BCUT2D eigenvalue weighted by Crippen LogP contribution is -2.52. The number of nitrogens with one attached hydrogen (secondary N) is 2. The molecule has 1 amide bonds. The number of anilines is 1. The molecule has 0 radical (unpaired) electrons. The first-order valence-electron chi connectivity index (χ1n) is 8.55. The molecule has 1 aliphatic heterocycles. The zero-order valence-corrected chi connectivity index (χ0v) is 14.3. The molecule has 0 saturated heterocycles. The van der Waals surface area contributed by atoms with Crippen LogP contribution in [-0.4, -0.2) is 12.5 Å². The predicted octanol–water partition coefficient (Wildman–Crippen LogP) is 4.28. The number of benzene rings is 2. The van der Waals surface area contributed by atoms with Gasteiger partial charge < -0.3 is 15.4 Å². The molecule has 3 rings (SSSR count). The Morgan fingerprint density at radius 3 is 2.50 bits per heavy atom. The lowest BCUT2D eigenvalue weighted by Gasteiger charge is -2.38. The van der Waals surface area contributed by atoms with E-state index >= 15 is 0 Å². The van der Waals surface area contributed by atoms with Gasteiger partial charge in [-0.25, -0.2) is 0 Å². The van der Waals surface area contributed by atoms with E-state index in [0.717, 1.165) is 30.0 Å². The number of para-hydroxylation sites is 1. The van der Waals surface area contributed by atoms with Crippen LogP contribution in [-0.2, 0) is 5.66 Å². The van der Waals surface area contributed by atoms with E-state index < -0.39 is 5.66 Å². The molecule has 1 aliphatic rings. The van der Waals surface area contributed by atoms with Gasteiger partial charge in [-0.2, -0.15) is 0 Å². The largest absolute Gasteiger partial charge is 0.494 e. The van der Waals surface area contributed by atoms with Crippen LogP contribution in [0.15, 0.2) is 48.5 Å².